The molecular formula is H12Cl4IrO6. The van der Waals surface area contributed by atoms with E-state index in [0.717, 1.165) is 0 Å². The third kappa shape index (κ3) is 430. The summed E-state index contributed by atoms with van der Waals surface area (Å²) in [5.74, 6) is 0. The van der Waals surface area contributed by atoms with Crippen LogP contribution in [0.15, 0.2) is 0 Å². The monoisotopic (exact) mass is 441 g/mol. The first-order valence-electron chi connectivity index (χ1n) is 0.504. The van der Waals surface area contributed by atoms with Crippen LogP contribution in [0.5, 0.6) is 0 Å². The number of rotatable bonds is 0. The molecule has 0 aromatic carbocycles. The van der Waals surface area contributed by atoms with Gasteiger partial charge in [0.25, 0.3) is 0 Å². The van der Waals surface area contributed by atoms with Crippen LogP contribution >= 0.6 is 38.3 Å². The van der Waals surface area contributed by atoms with Crippen LogP contribution in [0.3, 0.4) is 0 Å². The van der Waals surface area contributed by atoms with Gasteiger partial charge in [-0.25, -0.2) is 0 Å². The molecule has 0 radical (unpaired) electrons. The molecule has 11 heteroatoms. The Balaban J connectivity index is -0.00000000533. The van der Waals surface area contributed by atoms with E-state index in [1.165, 1.54) is 0 Å². The SMILES string of the molecule is O.O.O.O.O.O.[Cl][Ir]([Cl])([Cl])[Cl]. The molecule has 0 saturated heterocycles. The molecular weight excluding hydrogens is 430 g/mol. The molecule has 0 aromatic rings. The van der Waals surface area contributed by atoms with Crippen LogP contribution in [-0.2, 0) is 11.2 Å². The van der Waals surface area contributed by atoms with Crippen molar-refractivity contribution in [2.75, 3.05) is 0 Å². The minimum absolute atomic E-state index is 0. The molecule has 6 nitrogen and oxygen atoms in total. The normalized spacial score (nSPS) is 6.91. The Hall–Kier alpha value is 1.57. The Morgan fingerprint density at radius 1 is 0.455 bits per heavy atom. The zero-order chi connectivity index (χ0) is 4.50. The van der Waals surface area contributed by atoms with Gasteiger partial charge in [-0.15, -0.1) is 0 Å². The second-order valence-corrected chi connectivity index (χ2v) is 21.0. The fourth-order valence-electron chi connectivity index (χ4n) is 0. The van der Waals surface area contributed by atoms with Crippen LogP contribution in [0.1, 0.15) is 0 Å². The van der Waals surface area contributed by atoms with Gasteiger partial charge in [0.15, 0.2) is 0 Å². The topological polar surface area (TPSA) is 189 Å². The molecule has 0 unspecified atom stereocenters. The van der Waals surface area contributed by atoms with Crippen LogP contribution < -0.4 is 0 Å². The van der Waals surface area contributed by atoms with Gasteiger partial charge in [0.2, 0.25) is 0 Å². The first-order chi connectivity index (χ1) is 2.00. The molecule has 0 aliphatic carbocycles. The summed E-state index contributed by atoms with van der Waals surface area (Å²) in [7, 11) is 20.1. The van der Waals surface area contributed by atoms with E-state index in [1.807, 2.05) is 0 Å². The maximum absolute atomic E-state index is 5.01. The second-order valence-electron chi connectivity index (χ2n) is 0.286. The zero-order valence-electron chi connectivity index (χ0n) is 4.85. The van der Waals surface area contributed by atoms with Crippen LogP contribution in [0, 0.1) is 0 Å². The number of halogens is 4. The fourth-order valence-corrected chi connectivity index (χ4v) is 0. The molecule has 0 fully saturated rings. The van der Waals surface area contributed by atoms with Gasteiger partial charge in [0, 0.05) is 0 Å². The Labute approximate surface area is 82.2 Å². The third-order valence-electron chi connectivity index (χ3n) is 0. The van der Waals surface area contributed by atoms with Gasteiger partial charge in [-0.3, -0.25) is 0 Å². The first kappa shape index (κ1) is 54.2. The molecule has 0 rings (SSSR count). The molecule has 11 heavy (non-hydrogen) atoms. The number of hydrogen-bond acceptors (Lipinski definition) is 0. The van der Waals surface area contributed by atoms with Crippen LogP contribution in [0.4, 0.5) is 0 Å². The summed E-state index contributed by atoms with van der Waals surface area (Å²) >= 11 is -3.11. The van der Waals surface area contributed by atoms with Gasteiger partial charge in [0.05, 0.1) is 0 Å². The molecule has 0 bridgehead atoms. The van der Waals surface area contributed by atoms with Gasteiger partial charge in [0.1, 0.15) is 0 Å². The van der Waals surface area contributed by atoms with E-state index in [0.29, 0.717) is 0 Å². The average Bonchev–Trinajstić information content (AvgIpc) is 0.722. The molecule has 0 aliphatic rings. The molecule has 0 aromatic heterocycles. The van der Waals surface area contributed by atoms with E-state index in [-0.39, 0.29) is 32.9 Å². The van der Waals surface area contributed by atoms with Crippen molar-refractivity contribution in [3.05, 3.63) is 0 Å². The standard InChI is InChI=1S/4ClH.Ir.6H2O/h4*1H;;6*1H2/q;;;;+4;;;;;;/p-4. The summed E-state index contributed by atoms with van der Waals surface area (Å²) < 4.78 is 0. The molecule has 0 heterocycles. The van der Waals surface area contributed by atoms with E-state index in [1.54, 1.807) is 0 Å². The Morgan fingerprint density at radius 3 is 0.455 bits per heavy atom. The van der Waals surface area contributed by atoms with Crippen molar-refractivity contribution in [3.63, 3.8) is 0 Å². The van der Waals surface area contributed by atoms with Gasteiger partial charge < -0.3 is 32.9 Å². The van der Waals surface area contributed by atoms with Crippen molar-refractivity contribution in [2.45, 2.75) is 0 Å². The molecule has 0 spiro atoms. The second kappa shape index (κ2) is 22.6. The summed E-state index contributed by atoms with van der Waals surface area (Å²) in [5.41, 5.74) is 0. The molecule has 0 atom stereocenters. The van der Waals surface area contributed by atoms with Crippen molar-refractivity contribution in [3.8, 4) is 0 Å². The van der Waals surface area contributed by atoms with Crippen molar-refractivity contribution >= 4 is 38.3 Å². The summed E-state index contributed by atoms with van der Waals surface area (Å²) in [6.45, 7) is 0. The van der Waals surface area contributed by atoms with Crippen LogP contribution in [0.25, 0.3) is 0 Å². The van der Waals surface area contributed by atoms with Crippen molar-refractivity contribution in [1.29, 1.82) is 0 Å². The predicted octanol–water partition coefficient (Wildman–Crippen LogP) is -2.19. The van der Waals surface area contributed by atoms with Crippen LogP contribution in [0.2, 0.25) is 0 Å². The molecule has 0 amide bonds. The van der Waals surface area contributed by atoms with E-state index < -0.39 is 11.2 Å². The quantitative estimate of drug-likeness (QED) is 0.394. The summed E-state index contributed by atoms with van der Waals surface area (Å²) in [5, 5.41) is 0. The minimum atomic E-state index is -3.11. The van der Waals surface area contributed by atoms with E-state index >= 15 is 0 Å². The maximum atomic E-state index is 5.01. The molecule has 85 valence electrons. The Bertz CT molecular complexity index is 30.1. The van der Waals surface area contributed by atoms with Crippen molar-refractivity contribution in [1.82, 2.24) is 0 Å². The Kier molecular flexibility index (Phi) is 111. The van der Waals surface area contributed by atoms with Crippen LogP contribution in [-0.4, -0.2) is 32.9 Å². The van der Waals surface area contributed by atoms with Gasteiger partial charge in [-0.05, 0) is 0 Å². The van der Waals surface area contributed by atoms with E-state index in [9.17, 15) is 0 Å². The first-order valence-corrected chi connectivity index (χ1v) is 12.4. The summed E-state index contributed by atoms with van der Waals surface area (Å²) in [6.07, 6.45) is 0. The van der Waals surface area contributed by atoms with E-state index in [2.05, 4.69) is 0 Å². The summed E-state index contributed by atoms with van der Waals surface area (Å²) in [4.78, 5) is 0. The summed E-state index contributed by atoms with van der Waals surface area (Å²) in [6, 6.07) is 0. The molecule has 0 saturated carbocycles. The predicted molar refractivity (Wildman–Crippen MR) is 45.1 cm³/mol. The zero-order valence-corrected chi connectivity index (χ0v) is 10.3. The molecule has 0 aliphatic heterocycles. The average molecular weight is 442 g/mol. The van der Waals surface area contributed by atoms with E-state index in [4.69, 9.17) is 38.3 Å². The third-order valence-corrected chi connectivity index (χ3v) is 0. The van der Waals surface area contributed by atoms with Crippen molar-refractivity contribution in [2.24, 2.45) is 0 Å². The number of hydrogen-bond donors (Lipinski definition) is 0. The van der Waals surface area contributed by atoms with Gasteiger partial charge in [-0.2, -0.15) is 0 Å². The Morgan fingerprint density at radius 2 is 0.455 bits per heavy atom. The van der Waals surface area contributed by atoms with Crippen molar-refractivity contribution < 1.29 is 44.1 Å². The van der Waals surface area contributed by atoms with Gasteiger partial charge >= 0.3 is 49.6 Å². The fraction of sp³-hybridized carbons (Fsp3) is 0. The van der Waals surface area contributed by atoms with Gasteiger partial charge in [-0.1, -0.05) is 0 Å². The molecule has 12 N–H and O–H groups in total.